The largest absolute Gasteiger partial charge is 0.353 e. The fourth-order valence-corrected chi connectivity index (χ4v) is 3.05. The van der Waals surface area contributed by atoms with Gasteiger partial charge in [0.05, 0.1) is 5.41 Å². The molecule has 1 aromatic rings. The first-order chi connectivity index (χ1) is 9.60. The molecule has 0 radical (unpaired) electrons. The number of hydrogen-bond acceptors (Lipinski definition) is 2. The van der Waals surface area contributed by atoms with Gasteiger partial charge in [0, 0.05) is 11.6 Å². The molecule has 1 amide bonds. The molecule has 3 heteroatoms. The molecule has 3 aliphatic carbocycles. The zero-order valence-corrected chi connectivity index (χ0v) is 11.8. The lowest BCUT2D eigenvalue weighted by atomic mass is 9.91. The summed E-state index contributed by atoms with van der Waals surface area (Å²) in [7, 11) is 0. The van der Waals surface area contributed by atoms with E-state index in [0.29, 0.717) is 6.04 Å². The van der Waals surface area contributed by atoms with E-state index in [-0.39, 0.29) is 16.9 Å². The Morgan fingerprint density at radius 2 is 2.00 bits per heavy atom. The van der Waals surface area contributed by atoms with E-state index < -0.39 is 0 Å². The van der Waals surface area contributed by atoms with Crippen LogP contribution in [0, 0.1) is 0 Å². The van der Waals surface area contributed by atoms with E-state index in [9.17, 15) is 4.79 Å². The highest BCUT2D eigenvalue weighted by atomic mass is 16.2. The third-order valence-electron chi connectivity index (χ3n) is 5.03. The number of benzene rings is 1. The second-order valence-electron chi connectivity index (χ2n) is 7.07. The van der Waals surface area contributed by atoms with Gasteiger partial charge in [-0.2, -0.15) is 0 Å². The Kier molecular flexibility index (Phi) is 2.53. The second kappa shape index (κ2) is 4.08. The summed E-state index contributed by atoms with van der Waals surface area (Å²) < 4.78 is 0. The number of amides is 1. The number of carbonyl (C=O) groups excluding carboxylic acids is 1. The molecule has 106 valence electrons. The van der Waals surface area contributed by atoms with E-state index in [1.54, 1.807) is 0 Å². The summed E-state index contributed by atoms with van der Waals surface area (Å²) in [5, 5.41) is 3.17. The van der Waals surface area contributed by atoms with Gasteiger partial charge in [-0.1, -0.05) is 24.3 Å². The van der Waals surface area contributed by atoms with Crippen molar-refractivity contribution in [3.05, 3.63) is 35.4 Å². The Bertz CT molecular complexity index is 554. The maximum atomic E-state index is 12.5. The van der Waals surface area contributed by atoms with E-state index in [2.05, 4.69) is 29.6 Å². The molecule has 0 spiro atoms. The summed E-state index contributed by atoms with van der Waals surface area (Å²) in [6.07, 6.45) is 7.48. The average molecular weight is 270 g/mol. The van der Waals surface area contributed by atoms with E-state index in [0.717, 1.165) is 44.9 Å². The van der Waals surface area contributed by atoms with Gasteiger partial charge in [-0.3, -0.25) is 4.79 Å². The normalized spacial score (nSPS) is 25.1. The van der Waals surface area contributed by atoms with Gasteiger partial charge in [-0.15, -0.1) is 0 Å². The predicted octanol–water partition coefficient (Wildman–Crippen LogP) is 2.03. The SMILES string of the molecule is NC1(Cc2cccc(C3(C(=O)NC4CC4)CC3)c2)CC1. The number of hydrogen-bond donors (Lipinski definition) is 2. The van der Waals surface area contributed by atoms with Crippen LogP contribution in [0.1, 0.15) is 49.7 Å². The van der Waals surface area contributed by atoms with Crippen molar-refractivity contribution in [1.82, 2.24) is 5.32 Å². The summed E-state index contributed by atoms with van der Waals surface area (Å²) in [5.41, 5.74) is 8.49. The average Bonchev–Trinajstić information content (AvgIpc) is 3.27. The van der Waals surface area contributed by atoms with Crippen molar-refractivity contribution < 1.29 is 4.79 Å². The molecule has 3 saturated carbocycles. The van der Waals surface area contributed by atoms with Gasteiger partial charge in [0.15, 0.2) is 0 Å². The van der Waals surface area contributed by atoms with Crippen LogP contribution < -0.4 is 11.1 Å². The maximum Gasteiger partial charge on any atom is 0.230 e. The van der Waals surface area contributed by atoms with Crippen molar-refractivity contribution in [2.24, 2.45) is 5.73 Å². The first-order valence-electron chi connectivity index (χ1n) is 7.79. The van der Waals surface area contributed by atoms with Crippen molar-refractivity contribution >= 4 is 5.91 Å². The summed E-state index contributed by atoms with van der Waals surface area (Å²) in [5.74, 6) is 0.242. The zero-order valence-electron chi connectivity index (χ0n) is 11.8. The van der Waals surface area contributed by atoms with Crippen LogP contribution in [-0.2, 0) is 16.6 Å². The van der Waals surface area contributed by atoms with Crippen LogP contribution in [0.2, 0.25) is 0 Å². The number of carbonyl (C=O) groups is 1. The fraction of sp³-hybridized carbons (Fsp3) is 0.588. The van der Waals surface area contributed by atoms with Gasteiger partial charge in [0.1, 0.15) is 0 Å². The molecule has 4 rings (SSSR count). The van der Waals surface area contributed by atoms with Crippen molar-refractivity contribution in [2.75, 3.05) is 0 Å². The highest BCUT2D eigenvalue weighted by molar-refractivity contribution is 5.91. The van der Waals surface area contributed by atoms with Crippen LogP contribution in [0.25, 0.3) is 0 Å². The minimum absolute atomic E-state index is 0.0333. The Morgan fingerprint density at radius 3 is 2.60 bits per heavy atom. The first-order valence-corrected chi connectivity index (χ1v) is 7.79. The summed E-state index contributed by atoms with van der Waals surface area (Å²) in [6.45, 7) is 0. The van der Waals surface area contributed by atoms with Crippen LogP contribution in [0.3, 0.4) is 0 Å². The minimum atomic E-state index is -0.232. The molecule has 0 unspecified atom stereocenters. The molecule has 0 aromatic heterocycles. The summed E-state index contributed by atoms with van der Waals surface area (Å²) >= 11 is 0. The smallest absolute Gasteiger partial charge is 0.230 e. The number of nitrogens with one attached hydrogen (secondary N) is 1. The predicted molar refractivity (Wildman–Crippen MR) is 78.4 cm³/mol. The summed E-state index contributed by atoms with van der Waals surface area (Å²) in [4.78, 5) is 12.5. The first kappa shape index (κ1) is 12.4. The highest BCUT2D eigenvalue weighted by Crippen LogP contribution is 2.49. The van der Waals surface area contributed by atoms with E-state index in [4.69, 9.17) is 5.73 Å². The van der Waals surface area contributed by atoms with Crippen molar-refractivity contribution in [1.29, 1.82) is 0 Å². The molecule has 0 bridgehead atoms. The molecular formula is C17H22N2O. The van der Waals surface area contributed by atoms with Crippen LogP contribution in [0.4, 0.5) is 0 Å². The van der Waals surface area contributed by atoms with Gasteiger partial charge in [-0.25, -0.2) is 0 Å². The zero-order chi connectivity index (χ0) is 13.8. The van der Waals surface area contributed by atoms with E-state index in [1.165, 1.54) is 11.1 Å². The molecule has 0 aliphatic heterocycles. The lowest BCUT2D eigenvalue weighted by Crippen LogP contribution is -2.36. The Hall–Kier alpha value is -1.35. The lowest BCUT2D eigenvalue weighted by Gasteiger charge is -2.17. The second-order valence-corrected chi connectivity index (χ2v) is 7.07. The molecular weight excluding hydrogens is 248 g/mol. The van der Waals surface area contributed by atoms with Crippen molar-refractivity contribution in [3.8, 4) is 0 Å². The molecule has 1 aromatic carbocycles. The summed E-state index contributed by atoms with van der Waals surface area (Å²) in [6, 6.07) is 9.00. The molecule has 20 heavy (non-hydrogen) atoms. The van der Waals surface area contributed by atoms with Crippen molar-refractivity contribution in [3.63, 3.8) is 0 Å². The van der Waals surface area contributed by atoms with Crippen molar-refractivity contribution in [2.45, 2.75) is 61.9 Å². The highest BCUT2D eigenvalue weighted by Gasteiger charge is 2.52. The quantitative estimate of drug-likeness (QED) is 0.860. The van der Waals surface area contributed by atoms with E-state index in [1.807, 2.05) is 0 Å². The standard InChI is InChI=1S/C17H22N2O/c18-16(6-7-16)11-12-2-1-3-13(10-12)17(8-9-17)15(20)19-14-4-5-14/h1-3,10,14H,4-9,11,18H2,(H,19,20). The van der Waals surface area contributed by atoms with Gasteiger partial charge >= 0.3 is 0 Å². The molecule has 0 atom stereocenters. The van der Waals surface area contributed by atoms with Gasteiger partial charge < -0.3 is 11.1 Å². The molecule has 0 heterocycles. The van der Waals surface area contributed by atoms with Gasteiger partial charge in [-0.05, 0) is 56.1 Å². The Labute approximate surface area is 119 Å². The van der Waals surface area contributed by atoms with Crippen LogP contribution in [0.15, 0.2) is 24.3 Å². The monoisotopic (exact) mass is 270 g/mol. The number of rotatable bonds is 5. The molecule has 3 N–H and O–H groups in total. The van der Waals surface area contributed by atoms with E-state index >= 15 is 0 Å². The molecule has 3 fully saturated rings. The van der Waals surface area contributed by atoms with Crippen LogP contribution in [0.5, 0.6) is 0 Å². The third-order valence-corrected chi connectivity index (χ3v) is 5.03. The Balaban J connectivity index is 1.54. The Morgan fingerprint density at radius 1 is 1.25 bits per heavy atom. The lowest BCUT2D eigenvalue weighted by molar-refractivity contribution is -0.123. The van der Waals surface area contributed by atoms with Gasteiger partial charge in [0.2, 0.25) is 5.91 Å². The fourth-order valence-electron chi connectivity index (χ4n) is 3.05. The minimum Gasteiger partial charge on any atom is -0.353 e. The van der Waals surface area contributed by atoms with Crippen LogP contribution in [-0.4, -0.2) is 17.5 Å². The van der Waals surface area contributed by atoms with Crippen LogP contribution >= 0.6 is 0 Å². The third kappa shape index (κ3) is 2.24. The molecule has 0 saturated heterocycles. The van der Waals surface area contributed by atoms with Gasteiger partial charge in [0.25, 0.3) is 0 Å². The maximum absolute atomic E-state index is 12.5. The topological polar surface area (TPSA) is 55.1 Å². The molecule has 3 aliphatic rings. The molecule has 3 nitrogen and oxygen atoms in total. The number of nitrogens with two attached hydrogens (primary N) is 1.